The van der Waals surface area contributed by atoms with Crippen LogP contribution in [-0.2, 0) is 4.79 Å². The fraction of sp³-hybridized carbons (Fsp3) is 0.0870. The highest BCUT2D eigenvalue weighted by atomic mass is 32.2. The summed E-state index contributed by atoms with van der Waals surface area (Å²) in [6.07, 6.45) is 1.37. The van der Waals surface area contributed by atoms with Crippen molar-refractivity contribution in [2.75, 3.05) is 5.32 Å². The third-order valence-electron chi connectivity index (χ3n) is 4.27. The molecule has 0 aliphatic carbocycles. The molecule has 0 heterocycles. The minimum Gasteiger partial charge on any atom is -0.326 e. The molecule has 3 rings (SSSR count). The molecule has 0 aliphatic rings. The van der Waals surface area contributed by atoms with Gasteiger partial charge in [0.25, 0.3) is 11.6 Å². The maximum atomic E-state index is 12.4. The number of non-ortho nitro benzene ring substituents is 1. The van der Waals surface area contributed by atoms with Gasteiger partial charge in [-0.25, -0.2) is 5.43 Å². The second-order valence-corrected chi connectivity index (χ2v) is 7.97. The molecule has 0 bridgehead atoms. The molecule has 0 unspecified atom stereocenters. The van der Waals surface area contributed by atoms with Gasteiger partial charge in [0.2, 0.25) is 5.91 Å². The number of hydrazone groups is 1. The summed E-state index contributed by atoms with van der Waals surface area (Å²) in [4.78, 5) is 36.0. The molecule has 0 saturated heterocycles. The molecular weight excluding hydrogens is 428 g/mol. The van der Waals surface area contributed by atoms with E-state index in [1.54, 1.807) is 24.3 Å². The summed E-state index contributed by atoms with van der Waals surface area (Å²) in [6.45, 7) is 3.37. The molecule has 0 atom stereocenters. The van der Waals surface area contributed by atoms with Crippen LogP contribution in [0.3, 0.4) is 0 Å². The summed E-state index contributed by atoms with van der Waals surface area (Å²) in [7, 11) is 0. The maximum Gasteiger partial charge on any atom is 0.271 e. The highest BCUT2D eigenvalue weighted by Crippen LogP contribution is 2.32. The topological polar surface area (TPSA) is 114 Å². The Bertz CT molecular complexity index is 1190. The lowest BCUT2D eigenvalue weighted by atomic mass is 10.2. The van der Waals surface area contributed by atoms with Gasteiger partial charge < -0.3 is 5.32 Å². The van der Waals surface area contributed by atoms with Crippen LogP contribution in [0.4, 0.5) is 11.4 Å². The van der Waals surface area contributed by atoms with Gasteiger partial charge in [-0.05, 0) is 43.3 Å². The molecule has 2 N–H and O–H groups in total. The van der Waals surface area contributed by atoms with Crippen molar-refractivity contribution in [3.8, 4) is 0 Å². The Morgan fingerprint density at radius 2 is 1.81 bits per heavy atom. The second-order valence-electron chi connectivity index (χ2n) is 6.86. The molecule has 0 aromatic heterocycles. The zero-order valence-electron chi connectivity index (χ0n) is 17.4. The number of nitro groups is 1. The van der Waals surface area contributed by atoms with Gasteiger partial charge in [0.1, 0.15) is 0 Å². The summed E-state index contributed by atoms with van der Waals surface area (Å²) in [5.74, 6) is -0.725. The van der Waals surface area contributed by atoms with E-state index in [-0.39, 0.29) is 11.6 Å². The Morgan fingerprint density at radius 1 is 1.06 bits per heavy atom. The second kappa shape index (κ2) is 10.4. The van der Waals surface area contributed by atoms with Gasteiger partial charge in [-0.3, -0.25) is 19.7 Å². The van der Waals surface area contributed by atoms with Gasteiger partial charge in [-0.15, -0.1) is 0 Å². The number of carbonyl (C=O) groups excluding carboxylic acids is 2. The molecule has 8 nitrogen and oxygen atoms in total. The summed E-state index contributed by atoms with van der Waals surface area (Å²) in [6, 6.07) is 18.8. The zero-order chi connectivity index (χ0) is 23.1. The fourth-order valence-electron chi connectivity index (χ4n) is 2.74. The van der Waals surface area contributed by atoms with Crippen molar-refractivity contribution in [2.24, 2.45) is 5.10 Å². The Balaban J connectivity index is 1.79. The number of hydrogen-bond donors (Lipinski definition) is 2. The van der Waals surface area contributed by atoms with Gasteiger partial charge in [0, 0.05) is 45.7 Å². The summed E-state index contributed by atoms with van der Waals surface area (Å²) in [5.41, 5.74) is 4.76. The SMILES string of the molecule is CC(=O)Nc1cccc(C(=O)N/N=C/c2cc([N+](=O)[O-])ccc2Sc2ccc(C)cc2)c1. The lowest BCUT2D eigenvalue weighted by molar-refractivity contribution is -0.384. The van der Waals surface area contributed by atoms with Crippen LogP contribution in [0, 0.1) is 17.0 Å². The molecule has 9 heteroatoms. The first-order valence-electron chi connectivity index (χ1n) is 9.56. The van der Waals surface area contributed by atoms with Crippen molar-refractivity contribution in [1.82, 2.24) is 5.43 Å². The number of hydrogen-bond acceptors (Lipinski definition) is 6. The molecule has 0 spiro atoms. The molecule has 2 amide bonds. The molecule has 3 aromatic rings. The van der Waals surface area contributed by atoms with Crippen LogP contribution in [0.25, 0.3) is 0 Å². The molecule has 0 radical (unpaired) electrons. The Labute approximate surface area is 188 Å². The van der Waals surface area contributed by atoms with E-state index in [0.717, 1.165) is 15.4 Å². The van der Waals surface area contributed by atoms with Gasteiger partial charge in [0.05, 0.1) is 11.1 Å². The number of nitrogens with zero attached hydrogens (tertiary/aromatic N) is 2. The normalized spacial score (nSPS) is 10.7. The van der Waals surface area contributed by atoms with Crippen molar-refractivity contribution >= 4 is 41.2 Å². The van der Waals surface area contributed by atoms with Crippen molar-refractivity contribution in [3.63, 3.8) is 0 Å². The van der Waals surface area contributed by atoms with Crippen LogP contribution in [-0.4, -0.2) is 23.0 Å². The highest BCUT2D eigenvalue weighted by Gasteiger charge is 2.12. The van der Waals surface area contributed by atoms with Gasteiger partial charge in [0.15, 0.2) is 0 Å². The maximum absolute atomic E-state index is 12.4. The van der Waals surface area contributed by atoms with Crippen LogP contribution in [0.1, 0.15) is 28.4 Å². The molecule has 162 valence electrons. The number of amides is 2. The number of aryl methyl sites for hydroxylation is 1. The minimum atomic E-state index is -0.482. The van der Waals surface area contributed by atoms with E-state index < -0.39 is 10.8 Å². The number of rotatable bonds is 7. The van der Waals surface area contributed by atoms with E-state index >= 15 is 0 Å². The number of nitro benzene ring substituents is 1. The number of benzene rings is 3. The average Bonchev–Trinajstić information content (AvgIpc) is 2.76. The Morgan fingerprint density at radius 3 is 2.50 bits per heavy atom. The van der Waals surface area contributed by atoms with E-state index in [0.29, 0.717) is 16.8 Å². The monoisotopic (exact) mass is 448 g/mol. The van der Waals surface area contributed by atoms with E-state index in [9.17, 15) is 19.7 Å². The third kappa shape index (κ3) is 6.26. The van der Waals surface area contributed by atoms with E-state index in [1.807, 2.05) is 31.2 Å². The quantitative estimate of drug-likeness (QED) is 0.307. The van der Waals surface area contributed by atoms with E-state index in [1.165, 1.54) is 43.1 Å². The lowest BCUT2D eigenvalue weighted by Crippen LogP contribution is -2.18. The van der Waals surface area contributed by atoms with Crippen molar-refractivity contribution in [2.45, 2.75) is 23.6 Å². The predicted octanol–water partition coefficient (Wildman–Crippen LogP) is 4.78. The summed E-state index contributed by atoms with van der Waals surface area (Å²) < 4.78 is 0. The molecule has 0 fully saturated rings. The first-order chi connectivity index (χ1) is 15.3. The summed E-state index contributed by atoms with van der Waals surface area (Å²) in [5, 5.41) is 17.8. The standard InChI is InChI=1S/C23H20N4O4S/c1-15-6-9-21(10-7-15)32-22-11-8-20(27(30)31)13-18(22)14-24-26-23(29)17-4-3-5-19(12-17)25-16(2)28/h3-14H,1-2H3,(H,25,28)(H,26,29)/b24-14+. The Hall–Kier alpha value is -3.98. The summed E-state index contributed by atoms with van der Waals surface area (Å²) >= 11 is 1.44. The zero-order valence-corrected chi connectivity index (χ0v) is 18.2. The largest absolute Gasteiger partial charge is 0.326 e. The average molecular weight is 449 g/mol. The van der Waals surface area contributed by atoms with Gasteiger partial charge >= 0.3 is 0 Å². The van der Waals surface area contributed by atoms with Gasteiger partial charge in [-0.1, -0.05) is 35.5 Å². The molecule has 3 aromatic carbocycles. The third-order valence-corrected chi connectivity index (χ3v) is 5.37. The van der Waals surface area contributed by atoms with Crippen LogP contribution in [0.5, 0.6) is 0 Å². The number of carbonyl (C=O) groups is 2. The predicted molar refractivity (Wildman–Crippen MR) is 124 cm³/mol. The number of nitrogens with one attached hydrogen (secondary N) is 2. The van der Waals surface area contributed by atoms with Crippen molar-refractivity contribution in [3.05, 3.63) is 93.5 Å². The molecule has 32 heavy (non-hydrogen) atoms. The Kier molecular flexibility index (Phi) is 7.35. The molecule has 0 aliphatic heterocycles. The van der Waals surface area contributed by atoms with Crippen LogP contribution in [0.15, 0.2) is 81.6 Å². The lowest BCUT2D eigenvalue weighted by Gasteiger charge is -2.07. The molecular formula is C23H20N4O4S. The van der Waals surface area contributed by atoms with Crippen molar-refractivity contribution in [1.29, 1.82) is 0 Å². The minimum absolute atomic E-state index is 0.0750. The van der Waals surface area contributed by atoms with E-state index in [4.69, 9.17) is 0 Å². The van der Waals surface area contributed by atoms with Gasteiger partial charge in [-0.2, -0.15) is 5.10 Å². The van der Waals surface area contributed by atoms with E-state index in [2.05, 4.69) is 15.8 Å². The first-order valence-corrected chi connectivity index (χ1v) is 10.4. The smallest absolute Gasteiger partial charge is 0.271 e. The molecule has 0 saturated carbocycles. The van der Waals surface area contributed by atoms with Crippen LogP contribution >= 0.6 is 11.8 Å². The van der Waals surface area contributed by atoms with Crippen LogP contribution < -0.4 is 10.7 Å². The van der Waals surface area contributed by atoms with Crippen molar-refractivity contribution < 1.29 is 14.5 Å². The van der Waals surface area contributed by atoms with Crippen LogP contribution in [0.2, 0.25) is 0 Å². The highest BCUT2D eigenvalue weighted by molar-refractivity contribution is 7.99. The number of anilines is 1. The first kappa shape index (κ1) is 22.7. The fourth-order valence-corrected chi connectivity index (χ4v) is 3.63.